The number of rotatable bonds is 4. The average molecular weight is 277 g/mol. The van der Waals surface area contributed by atoms with Crippen LogP contribution in [-0.2, 0) is 16.6 Å². The molecule has 0 aliphatic rings. The quantitative estimate of drug-likeness (QED) is 0.846. The van der Waals surface area contributed by atoms with Gasteiger partial charge in [0, 0.05) is 22.3 Å². The lowest BCUT2D eigenvalue weighted by atomic mass is 10.2. The molecule has 0 aliphatic carbocycles. The van der Waals surface area contributed by atoms with Crippen molar-refractivity contribution in [3.05, 3.63) is 28.2 Å². The zero-order valence-corrected chi connectivity index (χ0v) is 10.7. The van der Waals surface area contributed by atoms with E-state index in [-0.39, 0.29) is 0 Å². The van der Waals surface area contributed by atoms with Gasteiger partial charge in [-0.05, 0) is 33.6 Å². The molecule has 0 aromatic heterocycles. The predicted molar refractivity (Wildman–Crippen MR) is 63.1 cm³/mol. The SMILES string of the molecule is CC[S@](=O)Cc1ccc(OC)c(Br)c1. The van der Waals surface area contributed by atoms with Gasteiger partial charge >= 0.3 is 0 Å². The molecule has 0 fully saturated rings. The zero-order valence-electron chi connectivity index (χ0n) is 8.25. The smallest absolute Gasteiger partial charge is 0.133 e. The number of ether oxygens (including phenoxy) is 1. The summed E-state index contributed by atoms with van der Waals surface area (Å²) in [5, 5.41) is 0. The molecule has 0 heterocycles. The van der Waals surface area contributed by atoms with E-state index in [1.165, 1.54) is 0 Å². The summed E-state index contributed by atoms with van der Waals surface area (Å²) < 4.78 is 17.3. The minimum atomic E-state index is -0.756. The van der Waals surface area contributed by atoms with E-state index >= 15 is 0 Å². The van der Waals surface area contributed by atoms with Crippen LogP contribution in [0.15, 0.2) is 22.7 Å². The first-order chi connectivity index (χ1) is 6.67. The molecule has 0 saturated carbocycles. The fourth-order valence-corrected chi connectivity index (χ4v) is 2.43. The lowest BCUT2D eigenvalue weighted by Crippen LogP contribution is -1.97. The Kier molecular flexibility index (Phi) is 4.62. The van der Waals surface area contributed by atoms with Crippen LogP contribution in [0, 0.1) is 0 Å². The molecule has 1 rings (SSSR count). The van der Waals surface area contributed by atoms with Gasteiger partial charge in [0.05, 0.1) is 11.6 Å². The Morgan fingerprint density at radius 1 is 1.50 bits per heavy atom. The molecule has 78 valence electrons. The van der Waals surface area contributed by atoms with E-state index in [0.717, 1.165) is 15.8 Å². The third-order valence-corrected chi connectivity index (χ3v) is 3.78. The maximum atomic E-state index is 11.3. The first-order valence-corrected chi connectivity index (χ1v) is 6.63. The third-order valence-electron chi connectivity index (χ3n) is 1.87. The molecule has 0 amide bonds. The minimum Gasteiger partial charge on any atom is -0.496 e. The molecule has 0 radical (unpaired) electrons. The molecule has 1 atom stereocenters. The molecule has 14 heavy (non-hydrogen) atoms. The Labute approximate surface area is 95.2 Å². The molecule has 0 bridgehead atoms. The monoisotopic (exact) mass is 276 g/mol. The topological polar surface area (TPSA) is 26.3 Å². The summed E-state index contributed by atoms with van der Waals surface area (Å²) in [6, 6.07) is 5.77. The third kappa shape index (κ3) is 3.10. The van der Waals surface area contributed by atoms with E-state index in [0.29, 0.717) is 11.5 Å². The maximum absolute atomic E-state index is 11.3. The van der Waals surface area contributed by atoms with Gasteiger partial charge < -0.3 is 4.74 Å². The van der Waals surface area contributed by atoms with Gasteiger partial charge in [-0.1, -0.05) is 13.0 Å². The summed E-state index contributed by atoms with van der Waals surface area (Å²) in [4.78, 5) is 0. The number of benzene rings is 1. The molecular formula is C10H13BrO2S. The van der Waals surface area contributed by atoms with Crippen LogP contribution in [0.5, 0.6) is 5.75 Å². The Bertz CT molecular complexity index is 339. The van der Waals surface area contributed by atoms with Gasteiger partial charge in [0.15, 0.2) is 0 Å². The van der Waals surface area contributed by atoms with Gasteiger partial charge in [0.25, 0.3) is 0 Å². The molecule has 0 aliphatic heterocycles. The van der Waals surface area contributed by atoms with Gasteiger partial charge in [-0.25, -0.2) is 0 Å². The van der Waals surface area contributed by atoms with Crippen molar-refractivity contribution in [1.82, 2.24) is 0 Å². The summed E-state index contributed by atoms with van der Waals surface area (Å²) in [5.41, 5.74) is 1.07. The fourth-order valence-electron chi connectivity index (χ4n) is 1.09. The molecule has 2 nitrogen and oxygen atoms in total. The summed E-state index contributed by atoms with van der Waals surface area (Å²) in [6.45, 7) is 1.93. The first kappa shape index (κ1) is 11.7. The molecule has 0 spiro atoms. The highest BCUT2D eigenvalue weighted by Gasteiger charge is 2.03. The molecule has 1 aromatic rings. The van der Waals surface area contributed by atoms with Crippen molar-refractivity contribution >= 4 is 26.7 Å². The summed E-state index contributed by atoms with van der Waals surface area (Å²) in [5.74, 6) is 2.11. The summed E-state index contributed by atoms with van der Waals surface area (Å²) in [7, 11) is 0.872. The van der Waals surface area contributed by atoms with Crippen LogP contribution in [0.3, 0.4) is 0 Å². The Balaban J connectivity index is 2.81. The largest absolute Gasteiger partial charge is 0.496 e. The lowest BCUT2D eigenvalue weighted by Gasteiger charge is -2.05. The standard InChI is InChI=1S/C10H13BrO2S/c1-3-14(12)7-8-4-5-10(13-2)9(11)6-8/h4-6H,3,7H2,1-2H3/t14-/m0/s1. The molecular weight excluding hydrogens is 264 g/mol. The second kappa shape index (κ2) is 5.51. The van der Waals surface area contributed by atoms with Crippen LogP contribution in [-0.4, -0.2) is 17.1 Å². The van der Waals surface area contributed by atoms with Crippen molar-refractivity contribution < 1.29 is 8.95 Å². The average Bonchev–Trinajstić information content (AvgIpc) is 2.18. The van der Waals surface area contributed by atoms with Crippen molar-refractivity contribution in [2.45, 2.75) is 12.7 Å². The summed E-state index contributed by atoms with van der Waals surface area (Å²) in [6.07, 6.45) is 0. The second-order valence-electron chi connectivity index (χ2n) is 2.84. The fraction of sp³-hybridized carbons (Fsp3) is 0.400. The van der Waals surface area contributed by atoms with Gasteiger partial charge in [-0.2, -0.15) is 0 Å². The Morgan fingerprint density at radius 2 is 2.21 bits per heavy atom. The number of methoxy groups -OCH3 is 1. The van der Waals surface area contributed by atoms with Crippen LogP contribution in [0.1, 0.15) is 12.5 Å². The second-order valence-corrected chi connectivity index (χ2v) is 5.44. The maximum Gasteiger partial charge on any atom is 0.133 e. The van der Waals surface area contributed by atoms with Gasteiger partial charge in [0.1, 0.15) is 5.75 Å². The van der Waals surface area contributed by atoms with Crippen molar-refractivity contribution in [3.63, 3.8) is 0 Å². The highest BCUT2D eigenvalue weighted by atomic mass is 79.9. The highest BCUT2D eigenvalue weighted by molar-refractivity contribution is 9.10. The van der Waals surface area contributed by atoms with Crippen LogP contribution in [0.4, 0.5) is 0 Å². The van der Waals surface area contributed by atoms with E-state index in [1.54, 1.807) is 7.11 Å². The zero-order chi connectivity index (χ0) is 10.6. The number of hydrogen-bond donors (Lipinski definition) is 0. The number of halogens is 1. The summed E-state index contributed by atoms with van der Waals surface area (Å²) >= 11 is 3.40. The molecule has 0 unspecified atom stereocenters. The number of hydrogen-bond acceptors (Lipinski definition) is 2. The van der Waals surface area contributed by atoms with Crippen molar-refractivity contribution in [3.8, 4) is 5.75 Å². The van der Waals surface area contributed by atoms with Crippen LogP contribution < -0.4 is 4.74 Å². The molecule has 4 heteroatoms. The van der Waals surface area contributed by atoms with E-state index in [2.05, 4.69) is 15.9 Å². The Hall–Kier alpha value is -0.350. The van der Waals surface area contributed by atoms with E-state index in [4.69, 9.17) is 4.74 Å². The molecule has 1 aromatic carbocycles. The van der Waals surface area contributed by atoms with Gasteiger partial charge in [-0.15, -0.1) is 0 Å². The van der Waals surface area contributed by atoms with E-state index < -0.39 is 10.8 Å². The van der Waals surface area contributed by atoms with E-state index in [1.807, 2.05) is 25.1 Å². The normalized spacial score (nSPS) is 12.5. The van der Waals surface area contributed by atoms with Gasteiger partial charge in [0.2, 0.25) is 0 Å². The Morgan fingerprint density at radius 3 is 2.71 bits per heavy atom. The molecule has 0 saturated heterocycles. The van der Waals surface area contributed by atoms with Crippen molar-refractivity contribution in [2.24, 2.45) is 0 Å². The molecule has 0 N–H and O–H groups in total. The highest BCUT2D eigenvalue weighted by Crippen LogP contribution is 2.25. The lowest BCUT2D eigenvalue weighted by molar-refractivity contribution is 0.412. The van der Waals surface area contributed by atoms with Crippen LogP contribution >= 0.6 is 15.9 Å². The first-order valence-electron chi connectivity index (χ1n) is 4.34. The predicted octanol–water partition coefficient (Wildman–Crippen LogP) is 2.73. The van der Waals surface area contributed by atoms with Gasteiger partial charge in [-0.3, -0.25) is 4.21 Å². The van der Waals surface area contributed by atoms with Crippen molar-refractivity contribution in [2.75, 3.05) is 12.9 Å². The van der Waals surface area contributed by atoms with Crippen LogP contribution in [0.25, 0.3) is 0 Å². The minimum absolute atomic E-state index is 0.610. The van der Waals surface area contributed by atoms with Crippen molar-refractivity contribution in [1.29, 1.82) is 0 Å². The van der Waals surface area contributed by atoms with E-state index in [9.17, 15) is 4.21 Å². The van der Waals surface area contributed by atoms with Crippen LogP contribution in [0.2, 0.25) is 0 Å².